The van der Waals surface area contributed by atoms with E-state index in [-0.39, 0.29) is 0 Å². The molecule has 0 radical (unpaired) electrons. The van der Waals surface area contributed by atoms with Crippen molar-refractivity contribution >= 4 is 11.8 Å². The number of nitrogens with zero attached hydrogens (tertiary/aromatic N) is 2. The van der Waals surface area contributed by atoms with E-state index in [2.05, 4.69) is 18.1 Å². The van der Waals surface area contributed by atoms with Gasteiger partial charge in [0, 0.05) is 11.9 Å². The molecule has 0 amide bonds. The van der Waals surface area contributed by atoms with E-state index in [1.54, 1.807) is 6.08 Å². The third kappa shape index (κ3) is 2.90. The Bertz CT molecular complexity index is 295. The Morgan fingerprint density at radius 2 is 2.08 bits per heavy atom. The lowest BCUT2D eigenvalue weighted by molar-refractivity contribution is 1.06. The topological polar surface area (TPSA) is 17.8 Å². The quantitative estimate of drug-likeness (QED) is 0.679. The summed E-state index contributed by atoms with van der Waals surface area (Å²) in [5, 5.41) is 0. The summed E-state index contributed by atoms with van der Waals surface area (Å²) in [6.45, 7) is 15.4. The maximum Gasteiger partial charge on any atom is 0.136 e. The molecule has 2 nitrogen and oxygen atoms in total. The molecule has 0 atom stereocenters. The molecule has 0 aliphatic heterocycles. The minimum Gasteiger partial charge on any atom is -0.305 e. The van der Waals surface area contributed by atoms with Gasteiger partial charge in [-0.2, -0.15) is 0 Å². The molecular formula is C11H18N2. The summed E-state index contributed by atoms with van der Waals surface area (Å²) < 4.78 is 1.92. The number of aryl methyl sites for hydroxylation is 1. The lowest BCUT2D eigenvalue weighted by Crippen LogP contribution is -1.92. The van der Waals surface area contributed by atoms with Crippen molar-refractivity contribution in [2.75, 3.05) is 0 Å². The molecule has 0 spiro atoms. The first kappa shape index (κ1) is 11.7. The van der Waals surface area contributed by atoms with Gasteiger partial charge >= 0.3 is 0 Å². The van der Waals surface area contributed by atoms with Gasteiger partial charge in [0.05, 0.1) is 5.69 Å². The second-order valence-corrected chi connectivity index (χ2v) is 2.55. The van der Waals surface area contributed by atoms with E-state index in [4.69, 9.17) is 0 Å². The van der Waals surface area contributed by atoms with Crippen molar-refractivity contribution in [2.24, 2.45) is 0 Å². The third-order valence-electron chi connectivity index (χ3n) is 1.45. The first-order valence-electron chi connectivity index (χ1n) is 4.49. The molecule has 1 rings (SSSR count). The third-order valence-corrected chi connectivity index (χ3v) is 1.45. The van der Waals surface area contributed by atoms with Crippen molar-refractivity contribution in [3.8, 4) is 0 Å². The van der Waals surface area contributed by atoms with Crippen LogP contribution in [0.4, 0.5) is 0 Å². The van der Waals surface area contributed by atoms with Crippen LogP contribution in [0, 0.1) is 6.92 Å². The van der Waals surface area contributed by atoms with E-state index in [1.807, 2.05) is 38.5 Å². The molecule has 0 aliphatic rings. The Morgan fingerprint density at radius 3 is 2.38 bits per heavy atom. The van der Waals surface area contributed by atoms with Crippen molar-refractivity contribution in [1.82, 2.24) is 9.55 Å². The van der Waals surface area contributed by atoms with Crippen LogP contribution in [0.5, 0.6) is 0 Å². The van der Waals surface area contributed by atoms with Gasteiger partial charge in [0.1, 0.15) is 5.82 Å². The zero-order chi connectivity index (χ0) is 10.4. The smallest absolute Gasteiger partial charge is 0.136 e. The lowest BCUT2D eigenvalue weighted by atomic mass is 10.5. The minimum atomic E-state index is 0.856. The summed E-state index contributed by atoms with van der Waals surface area (Å²) in [6.07, 6.45) is 3.67. The van der Waals surface area contributed by atoms with Gasteiger partial charge in [0.15, 0.2) is 0 Å². The highest BCUT2D eigenvalue weighted by Crippen LogP contribution is 2.08. The molecule has 72 valence electrons. The molecule has 0 fully saturated rings. The molecule has 0 aliphatic carbocycles. The fraction of sp³-hybridized carbons (Fsp3) is 0.364. The summed E-state index contributed by atoms with van der Waals surface area (Å²) in [5.41, 5.74) is 1.95. The van der Waals surface area contributed by atoms with Crippen LogP contribution in [0.3, 0.4) is 0 Å². The van der Waals surface area contributed by atoms with E-state index in [9.17, 15) is 0 Å². The first-order valence-corrected chi connectivity index (χ1v) is 4.49. The molecule has 1 aromatic rings. The second-order valence-electron chi connectivity index (χ2n) is 2.55. The molecule has 1 aromatic heterocycles. The van der Waals surface area contributed by atoms with Crippen LogP contribution < -0.4 is 0 Å². The van der Waals surface area contributed by atoms with Crippen LogP contribution in [0.15, 0.2) is 19.4 Å². The largest absolute Gasteiger partial charge is 0.305 e. The van der Waals surface area contributed by atoms with E-state index < -0.39 is 0 Å². The molecule has 0 saturated carbocycles. The van der Waals surface area contributed by atoms with Crippen LogP contribution in [0.1, 0.15) is 32.3 Å². The molecule has 13 heavy (non-hydrogen) atoms. The maximum atomic E-state index is 4.23. The fourth-order valence-corrected chi connectivity index (χ4v) is 0.966. The van der Waals surface area contributed by atoms with Crippen LogP contribution in [-0.2, 0) is 0 Å². The summed E-state index contributed by atoms with van der Waals surface area (Å²) in [7, 11) is 0. The number of hydrogen-bond donors (Lipinski definition) is 0. The van der Waals surface area contributed by atoms with Gasteiger partial charge < -0.3 is 4.57 Å². The van der Waals surface area contributed by atoms with Gasteiger partial charge in [-0.15, -0.1) is 0 Å². The van der Waals surface area contributed by atoms with Crippen molar-refractivity contribution < 1.29 is 0 Å². The predicted octanol–water partition coefficient (Wildman–Crippen LogP) is 3.35. The molecule has 0 aromatic carbocycles. The average Bonchev–Trinajstić information content (AvgIpc) is 2.50. The average molecular weight is 178 g/mol. The Kier molecular flexibility index (Phi) is 4.82. The molecule has 0 saturated heterocycles. The molecule has 2 heteroatoms. The van der Waals surface area contributed by atoms with Crippen molar-refractivity contribution in [3.05, 3.63) is 30.9 Å². The van der Waals surface area contributed by atoms with Gasteiger partial charge in [-0.25, -0.2) is 4.98 Å². The zero-order valence-electron chi connectivity index (χ0n) is 8.96. The molecule has 1 heterocycles. The standard InChI is InChI=1S/C9H12N2.C2H6/c1-5-9-10-8(4)6-11(9)7(2)3;1-2/h5-6H,1-2H2,3-4H3;1-2H3. The summed E-state index contributed by atoms with van der Waals surface area (Å²) >= 11 is 0. The summed E-state index contributed by atoms with van der Waals surface area (Å²) in [6, 6.07) is 0. The zero-order valence-corrected chi connectivity index (χ0v) is 8.96. The predicted molar refractivity (Wildman–Crippen MR) is 59.4 cm³/mol. The van der Waals surface area contributed by atoms with Crippen LogP contribution >= 0.6 is 0 Å². The summed E-state index contributed by atoms with van der Waals surface area (Å²) in [4.78, 5) is 4.23. The number of imidazole rings is 1. The van der Waals surface area contributed by atoms with E-state index >= 15 is 0 Å². The number of aromatic nitrogens is 2. The number of hydrogen-bond acceptors (Lipinski definition) is 1. The number of allylic oxidation sites excluding steroid dienone is 1. The minimum absolute atomic E-state index is 0.856. The van der Waals surface area contributed by atoms with E-state index in [1.165, 1.54) is 0 Å². The Hall–Kier alpha value is -1.31. The Balaban J connectivity index is 0.000000671. The Morgan fingerprint density at radius 1 is 1.54 bits per heavy atom. The SMILES string of the molecule is C=Cc1nc(C)cn1C(=C)C.CC. The molecular weight excluding hydrogens is 160 g/mol. The summed E-state index contributed by atoms with van der Waals surface area (Å²) in [5.74, 6) is 0.856. The van der Waals surface area contributed by atoms with E-state index in [0.29, 0.717) is 0 Å². The van der Waals surface area contributed by atoms with Crippen LogP contribution in [-0.4, -0.2) is 9.55 Å². The van der Waals surface area contributed by atoms with E-state index in [0.717, 1.165) is 17.2 Å². The van der Waals surface area contributed by atoms with Crippen LogP contribution in [0.25, 0.3) is 11.8 Å². The highest BCUT2D eigenvalue weighted by molar-refractivity contribution is 5.49. The monoisotopic (exact) mass is 178 g/mol. The molecule has 0 bridgehead atoms. The van der Waals surface area contributed by atoms with Gasteiger partial charge in [0.2, 0.25) is 0 Å². The van der Waals surface area contributed by atoms with Gasteiger partial charge in [-0.05, 0) is 19.9 Å². The highest BCUT2D eigenvalue weighted by Gasteiger charge is 2.00. The number of rotatable bonds is 2. The maximum absolute atomic E-state index is 4.23. The molecule has 0 unspecified atom stereocenters. The molecule has 0 N–H and O–H groups in total. The van der Waals surface area contributed by atoms with Crippen molar-refractivity contribution in [2.45, 2.75) is 27.7 Å². The normalized spacial score (nSPS) is 8.62. The van der Waals surface area contributed by atoms with Gasteiger partial charge in [0.25, 0.3) is 0 Å². The van der Waals surface area contributed by atoms with Gasteiger partial charge in [-0.3, -0.25) is 0 Å². The van der Waals surface area contributed by atoms with Crippen LogP contribution in [0.2, 0.25) is 0 Å². The first-order chi connectivity index (χ1) is 6.15. The highest BCUT2D eigenvalue weighted by atomic mass is 15.1. The van der Waals surface area contributed by atoms with Crippen molar-refractivity contribution in [3.63, 3.8) is 0 Å². The van der Waals surface area contributed by atoms with Crippen molar-refractivity contribution in [1.29, 1.82) is 0 Å². The second kappa shape index (κ2) is 5.36. The fourth-order valence-electron chi connectivity index (χ4n) is 0.966. The van der Waals surface area contributed by atoms with Gasteiger partial charge in [-0.1, -0.05) is 27.0 Å². The Labute approximate surface area is 80.6 Å². The lowest BCUT2D eigenvalue weighted by Gasteiger charge is -2.00.